The van der Waals surface area contributed by atoms with Crippen LogP contribution in [0.15, 0.2) is 18.2 Å². The summed E-state index contributed by atoms with van der Waals surface area (Å²) in [6.07, 6.45) is 2.53. The molecule has 68 valence electrons. The van der Waals surface area contributed by atoms with E-state index in [0.29, 0.717) is 0 Å². The second kappa shape index (κ2) is 2.74. The van der Waals surface area contributed by atoms with Crippen LogP contribution >= 0.6 is 0 Å². The molecule has 2 aliphatic heterocycles. The summed E-state index contributed by atoms with van der Waals surface area (Å²) in [6.45, 7) is 2.31. The molecular formula is C11H13NO. The van der Waals surface area contributed by atoms with Crippen molar-refractivity contribution in [3.8, 4) is 11.5 Å². The standard InChI is InChI=1S/C11H13NO/c1-2-10-11(13-10)7-9(1)8-3-5-12-6-4-8/h1-2,7-8,12H,3-6H2. The molecule has 2 heterocycles. The van der Waals surface area contributed by atoms with Crippen molar-refractivity contribution >= 4 is 0 Å². The smallest absolute Gasteiger partial charge is 0.170 e. The minimum atomic E-state index is 0.746. The lowest BCUT2D eigenvalue weighted by molar-refractivity contribution is 0.460. The van der Waals surface area contributed by atoms with E-state index < -0.39 is 0 Å². The molecule has 2 nitrogen and oxygen atoms in total. The first-order valence-corrected chi connectivity index (χ1v) is 4.96. The molecule has 0 aliphatic carbocycles. The molecule has 2 aliphatic rings. The van der Waals surface area contributed by atoms with Crippen molar-refractivity contribution in [1.29, 1.82) is 0 Å². The van der Waals surface area contributed by atoms with E-state index in [1.165, 1.54) is 18.4 Å². The summed E-state index contributed by atoms with van der Waals surface area (Å²) >= 11 is 0. The van der Waals surface area contributed by atoms with Gasteiger partial charge in [-0.2, -0.15) is 0 Å². The molecule has 1 aromatic carbocycles. The van der Waals surface area contributed by atoms with E-state index in [-0.39, 0.29) is 0 Å². The van der Waals surface area contributed by atoms with Crippen molar-refractivity contribution in [3.63, 3.8) is 0 Å². The zero-order chi connectivity index (χ0) is 8.67. The maximum Gasteiger partial charge on any atom is 0.170 e. The molecule has 1 aromatic rings. The number of benzene rings is 1. The van der Waals surface area contributed by atoms with Crippen molar-refractivity contribution in [2.24, 2.45) is 0 Å². The van der Waals surface area contributed by atoms with Crippen LogP contribution in [-0.2, 0) is 0 Å². The van der Waals surface area contributed by atoms with Gasteiger partial charge in [0.25, 0.3) is 0 Å². The summed E-state index contributed by atoms with van der Waals surface area (Å²) in [4.78, 5) is 0. The molecular weight excluding hydrogens is 162 g/mol. The lowest BCUT2D eigenvalue weighted by atomic mass is 9.90. The van der Waals surface area contributed by atoms with Crippen LogP contribution in [0.3, 0.4) is 0 Å². The highest BCUT2D eigenvalue weighted by molar-refractivity contribution is 5.56. The Balaban J connectivity index is 1.83. The number of fused-ring (bicyclic) bond motifs is 1. The Morgan fingerprint density at radius 3 is 2.77 bits per heavy atom. The van der Waals surface area contributed by atoms with Gasteiger partial charge in [-0.05, 0) is 49.5 Å². The Labute approximate surface area is 77.9 Å². The second-order valence-corrected chi connectivity index (χ2v) is 3.83. The van der Waals surface area contributed by atoms with E-state index in [2.05, 4.69) is 23.5 Å². The first-order valence-electron chi connectivity index (χ1n) is 4.96. The number of nitrogens with one attached hydrogen (secondary N) is 1. The quantitative estimate of drug-likeness (QED) is 0.672. The lowest BCUT2D eigenvalue weighted by Gasteiger charge is -2.22. The monoisotopic (exact) mass is 175 g/mol. The molecule has 0 unspecified atom stereocenters. The van der Waals surface area contributed by atoms with Gasteiger partial charge in [0.2, 0.25) is 0 Å². The minimum Gasteiger partial charge on any atom is -0.450 e. The van der Waals surface area contributed by atoms with Gasteiger partial charge in [0.15, 0.2) is 11.5 Å². The van der Waals surface area contributed by atoms with Gasteiger partial charge in [-0.25, -0.2) is 0 Å². The van der Waals surface area contributed by atoms with Crippen LogP contribution in [0, 0.1) is 0 Å². The number of hydrogen-bond acceptors (Lipinski definition) is 2. The predicted octanol–water partition coefficient (Wildman–Crippen LogP) is 2.26. The molecule has 1 N–H and O–H groups in total. The molecule has 0 saturated carbocycles. The van der Waals surface area contributed by atoms with Crippen molar-refractivity contribution < 1.29 is 4.74 Å². The zero-order valence-electron chi connectivity index (χ0n) is 7.55. The highest BCUT2D eigenvalue weighted by Gasteiger charge is 2.23. The topological polar surface area (TPSA) is 24.6 Å². The predicted molar refractivity (Wildman–Crippen MR) is 51.4 cm³/mol. The van der Waals surface area contributed by atoms with Crippen molar-refractivity contribution in [2.45, 2.75) is 18.8 Å². The highest BCUT2D eigenvalue weighted by atomic mass is 16.6. The van der Waals surface area contributed by atoms with Gasteiger partial charge < -0.3 is 10.1 Å². The number of hydrogen-bond donors (Lipinski definition) is 1. The number of ether oxygens (including phenoxy) is 1. The van der Waals surface area contributed by atoms with Crippen LogP contribution in [0.5, 0.6) is 11.5 Å². The average molecular weight is 175 g/mol. The normalized spacial score (nSPS) is 20.6. The Hall–Kier alpha value is -1.02. The summed E-state index contributed by atoms with van der Waals surface area (Å²) in [5.41, 5.74) is 1.46. The average Bonchev–Trinajstić information content (AvgIpc) is 2.96. The van der Waals surface area contributed by atoms with Crippen LogP contribution in [0.4, 0.5) is 0 Å². The van der Waals surface area contributed by atoms with E-state index in [1.54, 1.807) is 0 Å². The fourth-order valence-electron chi connectivity index (χ4n) is 2.09. The summed E-state index contributed by atoms with van der Waals surface area (Å²) in [7, 11) is 0. The third kappa shape index (κ3) is 1.31. The van der Waals surface area contributed by atoms with Crippen molar-refractivity contribution in [1.82, 2.24) is 5.32 Å². The highest BCUT2D eigenvalue weighted by Crippen LogP contribution is 2.46. The van der Waals surface area contributed by atoms with E-state index in [4.69, 9.17) is 4.74 Å². The van der Waals surface area contributed by atoms with Crippen LogP contribution in [0.25, 0.3) is 0 Å². The van der Waals surface area contributed by atoms with Crippen LogP contribution in [0.2, 0.25) is 0 Å². The molecule has 0 radical (unpaired) electrons. The molecule has 0 amide bonds. The summed E-state index contributed by atoms with van der Waals surface area (Å²) < 4.78 is 5.25. The third-order valence-corrected chi connectivity index (χ3v) is 2.96. The molecule has 0 aromatic heterocycles. The van der Waals surface area contributed by atoms with Crippen molar-refractivity contribution in [3.05, 3.63) is 23.8 Å². The second-order valence-electron chi connectivity index (χ2n) is 3.83. The molecule has 1 saturated heterocycles. The Morgan fingerprint density at radius 2 is 2.00 bits per heavy atom. The largest absolute Gasteiger partial charge is 0.450 e. The zero-order valence-corrected chi connectivity index (χ0v) is 7.55. The lowest BCUT2D eigenvalue weighted by Crippen LogP contribution is -2.26. The van der Waals surface area contributed by atoms with Gasteiger partial charge in [0.05, 0.1) is 0 Å². The Kier molecular flexibility index (Phi) is 1.56. The SMILES string of the molecule is c1cc2c(cc1C1CCNCC1)O2. The third-order valence-electron chi connectivity index (χ3n) is 2.96. The Bertz CT molecular complexity index is 329. The molecule has 1 fully saturated rings. The Morgan fingerprint density at radius 1 is 1.15 bits per heavy atom. The number of piperidine rings is 1. The van der Waals surface area contributed by atoms with Gasteiger partial charge in [-0.15, -0.1) is 0 Å². The maximum atomic E-state index is 5.25. The van der Waals surface area contributed by atoms with Gasteiger partial charge in [-0.1, -0.05) is 6.07 Å². The van der Waals surface area contributed by atoms with Gasteiger partial charge >= 0.3 is 0 Å². The van der Waals surface area contributed by atoms with Gasteiger partial charge in [-0.3, -0.25) is 0 Å². The van der Waals surface area contributed by atoms with Crippen molar-refractivity contribution in [2.75, 3.05) is 13.1 Å². The van der Waals surface area contributed by atoms with E-state index >= 15 is 0 Å². The fourth-order valence-corrected chi connectivity index (χ4v) is 2.09. The number of rotatable bonds is 1. The maximum absolute atomic E-state index is 5.25. The van der Waals surface area contributed by atoms with Crippen LogP contribution in [0.1, 0.15) is 24.3 Å². The van der Waals surface area contributed by atoms with E-state index in [9.17, 15) is 0 Å². The first kappa shape index (κ1) is 7.39. The van der Waals surface area contributed by atoms with Crippen LogP contribution in [-0.4, -0.2) is 13.1 Å². The van der Waals surface area contributed by atoms with E-state index in [1.807, 2.05) is 0 Å². The molecule has 0 bridgehead atoms. The van der Waals surface area contributed by atoms with E-state index in [0.717, 1.165) is 30.5 Å². The van der Waals surface area contributed by atoms with Gasteiger partial charge in [0, 0.05) is 0 Å². The molecule has 3 rings (SSSR count). The molecule has 2 heteroatoms. The molecule has 0 spiro atoms. The summed E-state index contributed by atoms with van der Waals surface area (Å²) in [5.74, 6) is 2.91. The summed E-state index contributed by atoms with van der Waals surface area (Å²) in [5, 5.41) is 3.38. The molecule has 0 atom stereocenters. The first-order chi connectivity index (χ1) is 6.43. The van der Waals surface area contributed by atoms with Gasteiger partial charge in [0.1, 0.15) is 0 Å². The fraction of sp³-hybridized carbons (Fsp3) is 0.455. The molecule has 13 heavy (non-hydrogen) atoms. The minimum absolute atomic E-state index is 0.746. The van der Waals surface area contributed by atoms with Crippen LogP contribution < -0.4 is 10.1 Å². The summed E-state index contributed by atoms with van der Waals surface area (Å²) in [6, 6.07) is 6.50.